The number of anilines is 1. The van der Waals surface area contributed by atoms with E-state index in [4.69, 9.17) is 11.6 Å². The molecule has 134 valence electrons. The molecule has 0 aliphatic heterocycles. The summed E-state index contributed by atoms with van der Waals surface area (Å²) in [7, 11) is -3.66. The number of benzene rings is 2. The summed E-state index contributed by atoms with van der Waals surface area (Å²) in [5.74, 6) is -0.509. The molecule has 25 heavy (non-hydrogen) atoms. The van der Waals surface area contributed by atoms with E-state index in [-0.39, 0.29) is 23.4 Å². The van der Waals surface area contributed by atoms with Crippen LogP contribution in [0, 0.1) is 0 Å². The van der Waals surface area contributed by atoms with Gasteiger partial charge in [0, 0.05) is 11.1 Å². The Morgan fingerprint density at radius 1 is 1.12 bits per heavy atom. The Morgan fingerprint density at radius 3 is 2.40 bits per heavy atom. The highest BCUT2D eigenvalue weighted by molar-refractivity contribution is 7.91. The molecule has 0 radical (unpaired) electrons. The monoisotopic (exact) mass is 380 g/mol. The van der Waals surface area contributed by atoms with Gasteiger partial charge < -0.3 is 5.32 Å². The Bertz CT molecular complexity index is 836. The van der Waals surface area contributed by atoms with Crippen LogP contribution in [0.25, 0.3) is 0 Å². The van der Waals surface area contributed by atoms with Crippen LogP contribution in [0.3, 0.4) is 0 Å². The fourth-order valence-corrected chi connectivity index (χ4v) is 3.52. The van der Waals surface area contributed by atoms with Gasteiger partial charge >= 0.3 is 0 Å². The first-order valence-electron chi connectivity index (χ1n) is 7.95. The first kappa shape index (κ1) is 19.3. The second kappa shape index (κ2) is 8.36. The lowest BCUT2D eigenvalue weighted by atomic mass is 10.1. The standard InChI is InChI=1S/C18H21ClN2O3S/c1-3-13(2)20-18(22)16-6-4-5-7-17(16)21-25(23,24)12-14-8-10-15(19)11-9-14/h4-11,13,21H,3,12H2,1-2H3,(H,20,22)/t13-/m1/s1. The SMILES string of the molecule is CC[C@@H](C)NC(=O)c1ccccc1NS(=O)(=O)Cc1ccc(Cl)cc1. The highest BCUT2D eigenvalue weighted by Gasteiger charge is 2.18. The molecule has 0 unspecified atom stereocenters. The Kier molecular flexibility index (Phi) is 6.45. The number of carbonyl (C=O) groups excluding carboxylic acids is 1. The van der Waals surface area contributed by atoms with Gasteiger partial charge in [-0.05, 0) is 43.2 Å². The minimum atomic E-state index is -3.66. The van der Waals surface area contributed by atoms with E-state index in [1.54, 1.807) is 48.5 Å². The topological polar surface area (TPSA) is 75.3 Å². The number of para-hydroxylation sites is 1. The molecule has 0 spiro atoms. The van der Waals surface area contributed by atoms with Crippen molar-refractivity contribution in [1.29, 1.82) is 0 Å². The predicted molar refractivity (Wildman–Crippen MR) is 101 cm³/mol. The number of rotatable bonds is 7. The molecule has 1 atom stereocenters. The summed E-state index contributed by atoms with van der Waals surface area (Å²) in [4.78, 5) is 12.4. The first-order valence-corrected chi connectivity index (χ1v) is 9.98. The number of carbonyl (C=O) groups is 1. The summed E-state index contributed by atoms with van der Waals surface area (Å²) in [6, 6.07) is 13.1. The molecule has 2 aromatic carbocycles. The van der Waals surface area contributed by atoms with Crippen molar-refractivity contribution in [3.8, 4) is 0 Å². The molecule has 5 nitrogen and oxygen atoms in total. The summed E-state index contributed by atoms with van der Waals surface area (Å²) in [5.41, 5.74) is 1.16. The normalized spacial score (nSPS) is 12.4. The van der Waals surface area contributed by atoms with Gasteiger partial charge in [-0.25, -0.2) is 8.42 Å². The van der Waals surface area contributed by atoms with Crippen LogP contribution >= 0.6 is 11.6 Å². The van der Waals surface area contributed by atoms with Gasteiger partial charge in [0.2, 0.25) is 10.0 Å². The van der Waals surface area contributed by atoms with E-state index in [1.165, 1.54) is 0 Å². The molecule has 0 saturated heterocycles. The molecule has 0 fully saturated rings. The van der Waals surface area contributed by atoms with Crippen LogP contribution in [-0.2, 0) is 15.8 Å². The number of hydrogen-bond acceptors (Lipinski definition) is 3. The van der Waals surface area contributed by atoms with Gasteiger partial charge in [0.1, 0.15) is 0 Å². The van der Waals surface area contributed by atoms with Gasteiger partial charge in [0.25, 0.3) is 5.91 Å². The minimum absolute atomic E-state index is 0.00577. The van der Waals surface area contributed by atoms with E-state index < -0.39 is 10.0 Å². The average molecular weight is 381 g/mol. The lowest BCUT2D eigenvalue weighted by molar-refractivity contribution is 0.0940. The van der Waals surface area contributed by atoms with E-state index in [0.717, 1.165) is 6.42 Å². The molecule has 2 N–H and O–H groups in total. The van der Waals surface area contributed by atoms with Gasteiger partial charge in [0.15, 0.2) is 0 Å². The van der Waals surface area contributed by atoms with Crippen molar-refractivity contribution in [2.24, 2.45) is 0 Å². The van der Waals surface area contributed by atoms with Crippen molar-refractivity contribution in [1.82, 2.24) is 5.32 Å². The number of sulfonamides is 1. The molecule has 7 heteroatoms. The second-order valence-corrected chi connectivity index (χ2v) is 7.97. The van der Waals surface area contributed by atoms with Crippen molar-refractivity contribution >= 4 is 33.2 Å². The van der Waals surface area contributed by atoms with Gasteiger partial charge in [-0.2, -0.15) is 0 Å². The zero-order valence-electron chi connectivity index (χ0n) is 14.1. The maximum Gasteiger partial charge on any atom is 0.253 e. The summed E-state index contributed by atoms with van der Waals surface area (Å²) in [6.45, 7) is 3.86. The summed E-state index contributed by atoms with van der Waals surface area (Å²) >= 11 is 5.81. The molecule has 0 aliphatic carbocycles. The van der Waals surface area contributed by atoms with Crippen molar-refractivity contribution in [2.45, 2.75) is 32.1 Å². The third-order valence-electron chi connectivity index (χ3n) is 3.70. The minimum Gasteiger partial charge on any atom is -0.350 e. The van der Waals surface area contributed by atoms with Crippen molar-refractivity contribution in [2.75, 3.05) is 4.72 Å². The first-order chi connectivity index (χ1) is 11.8. The number of amides is 1. The molecule has 2 aromatic rings. The molecule has 0 saturated carbocycles. The predicted octanol–water partition coefficient (Wildman–Crippen LogP) is 3.81. The summed E-state index contributed by atoms with van der Waals surface area (Å²) in [5, 5.41) is 3.38. The van der Waals surface area contributed by atoms with Crippen molar-refractivity contribution < 1.29 is 13.2 Å². The van der Waals surface area contributed by atoms with Crippen LogP contribution in [0.1, 0.15) is 36.2 Å². The molecule has 0 bridgehead atoms. The average Bonchev–Trinajstić information content (AvgIpc) is 2.56. The zero-order valence-corrected chi connectivity index (χ0v) is 15.7. The second-order valence-electron chi connectivity index (χ2n) is 5.82. The fraction of sp³-hybridized carbons (Fsp3) is 0.278. The van der Waals surface area contributed by atoms with E-state index in [9.17, 15) is 13.2 Å². The molecular formula is C18H21ClN2O3S. The Hall–Kier alpha value is -2.05. The molecule has 0 heterocycles. The van der Waals surface area contributed by atoms with Crippen molar-refractivity contribution in [3.63, 3.8) is 0 Å². The van der Waals surface area contributed by atoms with Crippen LogP contribution in [0.4, 0.5) is 5.69 Å². The van der Waals surface area contributed by atoms with Crippen LogP contribution in [0.15, 0.2) is 48.5 Å². The maximum absolute atomic E-state index is 12.4. The van der Waals surface area contributed by atoms with Gasteiger partial charge in [-0.15, -0.1) is 0 Å². The van der Waals surface area contributed by atoms with E-state index in [0.29, 0.717) is 16.1 Å². The number of hydrogen-bond donors (Lipinski definition) is 2. The summed E-state index contributed by atoms with van der Waals surface area (Å²) in [6.07, 6.45) is 0.788. The van der Waals surface area contributed by atoms with Crippen LogP contribution in [0.2, 0.25) is 5.02 Å². The van der Waals surface area contributed by atoms with Gasteiger partial charge in [-0.3, -0.25) is 9.52 Å². The summed E-state index contributed by atoms with van der Waals surface area (Å²) < 4.78 is 27.4. The Balaban J connectivity index is 2.18. The lowest BCUT2D eigenvalue weighted by Crippen LogP contribution is -2.32. The number of nitrogens with one attached hydrogen (secondary N) is 2. The van der Waals surface area contributed by atoms with E-state index >= 15 is 0 Å². The highest BCUT2D eigenvalue weighted by Crippen LogP contribution is 2.19. The van der Waals surface area contributed by atoms with E-state index in [1.807, 2.05) is 13.8 Å². The van der Waals surface area contributed by atoms with Crippen LogP contribution in [-0.4, -0.2) is 20.4 Å². The number of halogens is 1. The molecular weight excluding hydrogens is 360 g/mol. The van der Waals surface area contributed by atoms with E-state index in [2.05, 4.69) is 10.0 Å². The van der Waals surface area contributed by atoms with Gasteiger partial charge in [-0.1, -0.05) is 42.8 Å². The highest BCUT2D eigenvalue weighted by atomic mass is 35.5. The third-order valence-corrected chi connectivity index (χ3v) is 5.19. The molecule has 0 aliphatic rings. The quantitative estimate of drug-likeness (QED) is 0.766. The fourth-order valence-electron chi connectivity index (χ4n) is 2.18. The van der Waals surface area contributed by atoms with Crippen molar-refractivity contribution in [3.05, 3.63) is 64.7 Å². The smallest absolute Gasteiger partial charge is 0.253 e. The maximum atomic E-state index is 12.4. The largest absolute Gasteiger partial charge is 0.350 e. The lowest BCUT2D eigenvalue weighted by Gasteiger charge is -2.15. The molecule has 1 amide bonds. The van der Waals surface area contributed by atoms with Crippen LogP contribution in [0.5, 0.6) is 0 Å². The molecule has 0 aromatic heterocycles. The van der Waals surface area contributed by atoms with Crippen LogP contribution < -0.4 is 10.0 Å². The Labute approximate surface area is 153 Å². The third kappa shape index (κ3) is 5.76. The van der Waals surface area contributed by atoms with Gasteiger partial charge in [0.05, 0.1) is 17.0 Å². The zero-order chi connectivity index (χ0) is 18.4. The Morgan fingerprint density at radius 2 is 1.76 bits per heavy atom. The molecule has 2 rings (SSSR count).